The molecule has 5 nitrogen and oxygen atoms in total. The zero-order valence-electron chi connectivity index (χ0n) is 16.6. The van der Waals surface area contributed by atoms with E-state index in [1.807, 2.05) is 0 Å². The van der Waals surface area contributed by atoms with E-state index in [2.05, 4.69) is 53.2 Å². The van der Waals surface area contributed by atoms with Crippen molar-refractivity contribution in [3.05, 3.63) is 35.9 Å². The summed E-state index contributed by atoms with van der Waals surface area (Å²) in [6, 6.07) is 11.1. The molecule has 0 bridgehead atoms. The lowest BCUT2D eigenvalue weighted by molar-refractivity contribution is -0.121. The van der Waals surface area contributed by atoms with Crippen molar-refractivity contribution >= 4 is 11.9 Å². The lowest BCUT2D eigenvalue weighted by Crippen LogP contribution is -2.43. The molecule has 148 valence electrons. The van der Waals surface area contributed by atoms with Gasteiger partial charge in [0.15, 0.2) is 5.96 Å². The van der Waals surface area contributed by atoms with E-state index >= 15 is 0 Å². The molecule has 1 aromatic carbocycles. The minimum absolute atomic E-state index is 0.144. The van der Waals surface area contributed by atoms with Gasteiger partial charge in [0, 0.05) is 31.0 Å². The van der Waals surface area contributed by atoms with Gasteiger partial charge in [-0.25, -0.2) is 0 Å². The molecule has 2 saturated carbocycles. The molecule has 1 aromatic rings. The topological polar surface area (TPSA) is 65.5 Å². The number of rotatable bonds is 8. The molecular weight excluding hydrogens is 336 g/mol. The molecule has 27 heavy (non-hydrogen) atoms. The molecule has 0 saturated heterocycles. The smallest absolute Gasteiger partial charge is 0.221 e. The Bertz CT molecular complexity index is 618. The molecular formula is C22H34N4O. The third-order valence-corrected chi connectivity index (χ3v) is 5.95. The van der Waals surface area contributed by atoms with E-state index in [9.17, 15) is 4.79 Å². The van der Waals surface area contributed by atoms with Gasteiger partial charge in [-0.1, -0.05) is 49.6 Å². The number of amides is 1. The van der Waals surface area contributed by atoms with Crippen molar-refractivity contribution in [2.75, 3.05) is 19.6 Å². The molecule has 0 aromatic heterocycles. The minimum Gasteiger partial charge on any atom is -0.357 e. The summed E-state index contributed by atoms with van der Waals surface area (Å²) in [6.07, 6.45) is 8.90. The fourth-order valence-electron chi connectivity index (χ4n) is 4.17. The molecule has 3 rings (SSSR count). The predicted molar refractivity (Wildman–Crippen MR) is 111 cm³/mol. The highest BCUT2D eigenvalue weighted by molar-refractivity contribution is 5.81. The molecule has 2 aliphatic rings. The maximum absolute atomic E-state index is 12.1. The van der Waals surface area contributed by atoms with Crippen LogP contribution < -0.4 is 16.0 Å². The van der Waals surface area contributed by atoms with Gasteiger partial charge in [-0.15, -0.1) is 0 Å². The molecule has 1 amide bonds. The van der Waals surface area contributed by atoms with Crippen molar-refractivity contribution < 1.29 is 4.79 Å². The summed E-state index contributed by atoms with van der Waals surface area (Å²) in [5.74, 6) is 0.957. The summed E-state index contributed by atoms with van der Waals surface area (Å²) < 4.78 is 0. The van der Waals surface area contributed by atoms with Crippen LogP contribution in [0.4, 0.5) is 0 Å². The van der Waals surface area contributed by atoms with Crippen LogP contribution in [0.3, 0.4) is 0 Å². The number of benzene rings is 1. The molecule has 0 heterocycles. The van der Waals surface area contributed by atoms with E-state index < -0.39 is 0 Å². The molecule has 0 aliphatic heterocycles. The van der Waals surface area contributed by atoms with Crippen molar-refractivity contribution in [1.82, 2.24) is 16.0 Å². The molecule has 0 atom stereocenters. The first kappa shape index (κ1) is 19.7. The van der Waals surface area contributed by atoms with Crippen LogP contribution in [0, 0.1) is 0 Å². The second-order valence-electron chi connectivity index (χ2n) is 7.92. The highest BCUT2D eigenvalue weighted by Gasteiger charge is 2.38. The Morgan fingerprint density at radius 2 is 1.85 bits per heavy atom. The van der Waals surface area contributed by atoms with Crippen molar-refractivity contribution in [1.29, 1.82) is 0 Å². The summed E-state index contributed by atoms with van der Waals surface area (Å²) >= 11 is 0. The first-order valence-corrected chi connectivity index (χ1v) is 10.6. The van der Waals surface area contributed by atoms with Crippen LogP contribution in [0.15, 0.2) is 35.3 Å². The van der Waals surface area contributed by atoms with Gasteiger partial charge in [0.1, 0.15) is 0 Å². The SMILES string of the molecule is CCNC(=NCC1(c2ccccc2)CCC1)NCCC(=O)NC1CCCC1. The Morgan fingerprint density at radius 3 is 2.48 bits per heavy atom. The van der Waals surface area contributed by atoms with E-state index in [4.69, 9.17) is 4.99 Å². The first-order valence-electron chi connectivity index (χ1n) is 10.6. The number of nitrogens with zero attached hydrogens (tertiary/aromatic N) is 1. The number of nitrogens with one attached hydrogen (secondary N) is 3. The van der Waals surface area contributed by atoms with Crippen LogP contribution in [0.5, 0.6) is 0 Å². The van der Waals surface area contributed by atoms with Gasteiger partial charge in [0.05, 0.1) is 6.54 Å². The van der Waals surface area contributed by atoms with Crippen LogP contribution in [-0.2, 0) is 10.2 Å². The summed E-state index contributed by atoms with van der Waals surface area (Å²) in [5, 5.41) is 9.78. The highest BCUT2D eigenvalue weighted by Crippen LogP contribution is 2.43. The van der Waals surface area contributed by atoms with Gasteiger partial charge in [0.2, 0.25) is 5.91 Å². The molecule has 2 aliphatic carbocycles. The average Bonchev–Trinajstić information content (AvgIpc) is 3.14. The van der Waals surface area contributed by atoms with Crippen LogP contribution >= 0.6 is 0 Å². The number of aliphatic imine (C=N–C) groups is 1. The van der Waals surface area contributed by atoms with Gasteiger partial charge in [-0.05, 0) is 38.2 Å². The molecule has 0 spiro atoms. The largest absolute Gasteiger partial charge is 0.357 e. The van der Waals surface area contributed by atoms with Crippen molar-refractivity contribution in [3.8, 4) is 0 Å². The quantitative estimate of drug-likeness (QED) is 0.487. The third kappa shape index (κ3) is 5.47. The van der Waals surface area contributed by atoms with E-state index in [-0.39, 0.29) is 11.3 Å². The Labute approximate surface area is 163 Å². The highest BCUT2D eigenvalue weighted by atomic mass is 16.1. The zero-order chi connectivity index (χ0) is 19.0. The second-order valence-corrected chi connectivity index (χ2v) is 7.92. The Kier molecular flexibility index (Phi) is 7.13. The number of guanidine groups is 1. The summed E-state index contributed by atoms with van der Waals surface area (Å²) in [7, 11) is 0. The lowest BCUT2D eigenvalue weighted by Gasteiger charge is -2.41. The summed E-state index contributed by atoms with van der Waals surface area (Å²) in [6.45, 7) is 4.29. The van der Waals surface area contributed by atoms with Gasteiger partial charge < -0.3 is 16.0 Å². The first-order chi connectivity index (χ1) is 13.2. The maximum atomic E-state index is 12.1. The van der Waals surface area contributed by atoms with Gasteiger partial charge in [-0.2, -0.15) is 0 Å². The fraction of sp³-hybridized carbons (Fsp3) is 0.636. The third-order valence-electron chi connectivity index (χ3n) is 5.95. The standard InChI is InChI=1S/C22H34N4O/c1-2-23-21(24-16-13-20(27)26-19-11-6-7-12-19)25-17-22(14-8-15-22)18-9-4-3-5-10-18/h3-5,9-10,19H,2,6-8,11-17H2,1H3,(H,26,27)(H2,23,24,25). The molecule has 0 unspecified atom stereocenters. The Balaban J connectivity index is 1.49. The van der Waals surface area contributed by atoms with Crippen LogP contribution in [-0.4, -0.2) is 37.5 Å². The number of hydrogen-bond donors (Lipinski definition) is 3. The number of carbonyl (C=O) groups excluding carboxylic acids is 1. The summed E-state index contributed by atoms with van der Waals surface area (Å²) in [4.78, 5) is 16.9. The van der Waals surface area contributed by atoms with Crippen LogP contribution in [0.1, 0.15) is 63.9 Å². The van der Waals surface area contributed by atoms with E-state index in [0.717, 1.165) is 31.9 Å². The van der Waals surface area contributed by atoms with Crippen molar-refractivity contribution in [3.63, 3.8) is 0 Å². The normalized spacial score (nSPS) is 19.4. The van der Waals surface area contributed by atoms with E-state index in [0.29, 0.717) is 19.0 Å². The molecule has 3 N–H and O–H groups in total. The summed E-state index contributed by atoms with van der Waals surface area (Å²) in [5.41, 5.74) is 1.58. The lowest BCUT2D eigenvalue weighted by atomic mass is 9.64. The van der Waals surface area contributed by atoms with E-state index in [1.165, 1.54) is 37.7 Å². The predicted octanol–water partition coefficient (Wildman–Crippen LogP) is 3.11. The zero-order valence-corrected chi connectivity index (χ0v) is 16.6. The van der Waals surface area contributed by atoms with Gasteiger partial charge in [-0.3, -0.25) is 9.79 Å². The van der Waals surface area contributed by atoms with Crippen LogP contribution in [0.2, 0.25) is 0 Å². The number of carbonyl (C=O) groups is 1. The van der Waals surface area contributed by atoms with E-state index in [1.54, 1.807) is 0 Å². The molecule has 5 heteroatoms. The monoisotopic (exact) mass is 370 g/mol. The minimum atomic E-state index is 0.144. The van der Waals surface area contributed by atoms with Crippen molar-refractivity contribution in [2.24, 2.45) is 4.99 Å². The Morgan fingerprint density at radius 1 is 1.11 bits per heavy atom. The van der Waals surface area contributed by atoms with Crippen LogP contribution in [0.25, 0.3) is 0 Å². The second kappa shape index (κ2) is 9.77. The average molecular weight is 371 g/mol. The molecule has 0 radical (unpaired) electrons. The van der Waals surface area contributed by atoms with Gasteiger partial charge >= 0.3 is 0 Å². The van der Waals surface area contributed by atoms with Gasteiger partial charge in [0.25, 0.3) is 0 Å². The van der Waals surface area contributed by atoms with Crippen molar-refractivity contribution in [2.45, 2.75) is 69.7 Å². The maximum Gasteiger partial charge on any atom is 0.221 e. The number of hydrogen-bond acceptors (Lipinski definition) is 2. The fourth-order valence-corrected chi connectivity index (χ4v) is 4.17. The Hall–Kier alpha value is -2.04. The molecule has 2 fully saturated rings.